The minimum Gasteiger partial charge on any atom is -0.463 e. The lowest BCUT2D eigenvalue weighted by Crippen LogP contribution is -2.59. The maximum atomic E-state index is 13.2. The number of esters is 1. The first-order chi connectivity index (χ1) is 16.4. The molecule has 0 bridgehead atoms. The summed E-state index contributed by atoms with van der Waals surface area (Å²) in [7, 11) is 1.64. The van der Waals surface area contributed by atoms with Crippen LogP contribution >= 0.6 is 11.6 Å². The number of urea groups is 2. The second-order valence-electron chi connectivity index (χ2n) is 10.0. The number of nitrogens with zero attached hydrogens (tertiary/aromatic N) is 3. The zero-order valence-corrected chi connectivity index (χ0v) is 22.1. The quantitative estimate of drug-likeness (QED) is 0.598. The van der Waals surface area contributed by atoms with E-state index in [1.165, 1.54) is 4.90 Å². The minimum atomic E-state index is -0.724. The maximum Gasteiger partial charge on any atom is 0.338 e. The Labute approximate surface area is 212 Å². The van der Waals surface area contributed by atoms with Crippen LogP contribution in [-0.2, 0) is 9.53 Å². The van der Waals surface area contributed by atoms with Gasteiger partial charge in [-0.15, -0.1) is 0 Å². The Morgan fingerprint density at radius 1 is 1.23 bits per heavy atom. The summed E-state index contributed by atoms with van der Waals surface area (Å²) in [6, 6.07) is 5.96. The molecular formula is C25H36ClN5O4. The highest BCUT2D eigenvalue weighted by atomic mass is 35.5. The number of hydrogen-bond acceptors (Lipinski definition) is 5. The highest BCUT2D eigenvalue weighted by Gasteiger charge is 2.39. The molecule has 0 saturated carbocycles. The summed E-state index contributed by atoms with van der Waals surface area (Å²) in [5.74, 6) is -0.490. The molecule has 2 aliphatic rings. The predicted octanol–water partition coefficient (Wildman–Crippen LogP) is 3.37. The lowest BCUT2D eigenvalue weighted by molar-refractivity contribution is -0.139. The molecule has 2 atom stereocenters. The number of carbonyl (C=O) groups excluding carboxylic acids is 3. The van der Waals surface area contributed by atoms with Gasteiger partial charge in [0.05, 0.1) is 18.2 Å². The molecule has 0 spiro atoms. The molecule has 192 valence electrons. The van der Waals surface area contributed by atoms with Gasteiger partial charge in [0.15, 0.2) is 0 Å². The molecule has 1 aromatic rings. The van der Waals surface area contributed by atoms with E-state index < -0.39 is 12.0 Å². The van der Waals surface area contributed by atoms with E-state index in [9.17, 15) is 14.4 Å². The highest BCUT2D eigenvalue weighted by molar-refractivity contribution is 6.31. The van der Waals surface area contributed by atoms with Crippen LogP contribution in [0.4, 0.5) is 9.59 Å². The molecule has 10 heteroatoms. The van der Waals surface area contributed by atoms with Crippen molar-refractivity contribution in [3.63, 3.8) is 0 Å². The summed E-state index contributed by atoms with van der Waals surface area (Å²) in [4.78, 5) is 44.2. The van der Waals surface area contributed by atoms with Crippen molar-refractivity contribution in [2.75, 3.05) is 39.8 Å². The summed E-state index contributed by atoms with van der Waals surface area (Å²) < 4.78 is 5.39. The van der Waals surface area contributed by atoms with Crippen molar-refractivity contribution >= 4 is 29.6 Å². The van der Waals surface area contributed by atoms with Crippen LogP contribution in [0, 0.1) is 0 Å². The molecule has 35 heavy (non-hydrogen) atoms. The van der Waals surface area contributed by atoms with Crippen molar-refractivity contribution in [2.45, 2.75) is 52.2 Å². The van der Waals surface area contributed by atoms with Crippen LogP contribution in [0.25, 0.3) is 0 Å². The van der Waals surface area contributed by atoms with E-state index in [-0.39, 0.29) is 30.2 Å². The van der Waals surface area contributed by atoms with Crippen LogP contribution in [0.15, 0.2) is 35.5 Å². The third-order valence-corrected chi connectivity index (χ3v) is 6.46. The zero-order chi connectivity index (χ0) is 25.9. The Morgan fingerprint density at radius 2 is 1.91 bits per heavy atom. The van der Waals surface area contributed by atoms with E-state index in [0.29, 0.717) is 48.0 Å². The predicted molar refractivity (Wildman–Crippen MR) is 135 cm³/mol. The Hall–Kier alpha value is -2.78. The fourth-order valence-electron chi connectivity index (χ4n) is 4.42. The average Bonchev–Trinajstić information content (AvgIpc) is 2.76. The van der Waals surface area contributed by atoms with Gasteiger partial charge in [0.2, 0.25) is 0 Å². The second kappa shape index (κ2) is 10.9. The molecule has 2 aliphatic heterocycles. The van der Waals surface area contributed by atoms with E-state index >= 15 is 0 Å². The number of likely N-dealkylation sites (N-methyl/N-ethyl adjacent to an activating group) is 1. The second-order valence-corrected chi connectivity index (χ2v) is 10.4. The van der Waals surface area contributed by atoms with Gasteiger partial charge >= 0.3 is 18.0 Å². The van der Waals surface area contributed by atoms with Crippen molar-refractivity contribution in [3.8, 4) is 0 Å². The van der Waals surface area contributed by atoms with Crippen molar-refractivity contribution in [1.82, 2.24) is 25.3 Å². The SMILES string of the molecule is CCOC(=O)C1=C(CN2CCN(C(=O)NC(C)(C)C)C(C)C2)N(C)C(=O)NC1c1ccccc1Cl. The third-order valence-electron chi connectivity index (χ3n) is 6.12. The molecule has 2 heterocycles. The largest absolute Gasteiger partial charge is 0.463 e. The van der Waals surface area contributed by atoms with Gasteiger partial charge in [-0.05, 0) is 46.2 Å². The van der Waals surface area contributed by atoms with E-state index in [1.54, 1.807) is 32.2 Å². The molecule has 1 aromatic carbocycles. The number of halogens is 1. The van der Waals surface area contributed by atoms with Crippen LogP contribution in [0.2, 0.25) is 5.02 Å². The average molecular weight is 506 g/mol. The van der Waals surface area contributed by atoms with E-state index in [4.69, 9.17) is 16.3 Å². The van der Waals surface area contributed by atoms with E-state index in [1.807, 2.05) is 38.7 Å². The van der Waals surface area contributed by atoms with Gasteiger partial charge in [-0.2, -0.15) is 0 Å². The Bertz CT molecular complexity index is 1010. The Kier molecular flexibility index (Phi) is 8.33. The summed E-state index contributed by atoms with van der Waals surface area (Å²) in [5, 5.41) is 6.37. The van der Waals surface area contributed by atoms with Gasteiger partial charge in [0.25, 0.3) is 0 Å². The zero-order valence-electron chi connectivity index (χ0n) is 21.4. The molecule has 2 unspecified atom stereocenters. The van der Waals surface area contributed by atoms with E-state index in [0.717, 1.165) is 0 Å². The standard InChI is InChI=1S/C25H36ClN5O4/c1-7-35-22(32)20-19(29(6)23(33)27-21(20)17-10-8-9-11-18(17)26)15-30-12-13-31(16(2)14-30)24(34)28-25(3,4)5/h8-11,16,21H,7,12-15H2,1-6H3,(H,27,33)(H,28,34). The molecule has 0 aliphatic carbocycles. The highest BCUT2D eigenvalue weighted by Crippen LogP contribution is 2.35. The summed E-state index contributed by atoms with van der Waals surface area (Å²) in [5.41, 5.74) is 1.24. The lowest BCUT2D eigenvalue weighted by Gasteiger charge is -2.43. The first-order valence-corrected chi connectivity index (χ1v) is 12.3. The van der Waals surface area contributed by atoms with Gasteiger partial charge in [-0.3, -0.25) is 9.80 Å². The van der Waals surface area contributed by atoms with Crippen molar-refractivity contribution in [1.29, 1.82) is 0 Å². The van der Waals surface area contributed by atoms with Crippen molar-refractivity contribution in [2.24, 2.45) is 0 Å². The fraction of sp³-hybridized carbons (Fsp3) is 0.560. The number of piperazine rings is 1. The topological polar surface area (TPSA) is 94.2 Å². The van der Waals surface area contributed by atoms with E-state index in [2.05, 4.69) is 15.5 Å². The summed E-state index contributed by atoms with van der Waals surface area (Å²) in [6.45, 7) is 11.9. The van der Waals surface area contributed by atoms with Gasteiger partial charge in [-0.1, -0.05) is 29.8 Å². The summed E-state index contributed by atoms with van der Waals surface area (Å²) in [6.07, 6.45) is 0. The lowest BCUT2D eigenvalue weighted by atomic mass is 9.94. The molecule has 1 saturated heterocycles. The van der Waals surface area contributed by atoms with Gasteiger partial charge in [0, 0.05) is 55.5 Å². The van der Waals surface area contributed by atoms with Crippen molar-refractivity contribution in [3.05, 3.63) is 46.1 Å². The molecule has 3 rings (SSSR count). The molecule has 9 nitrogen and oxygen atoms in total. The Balaban J connectivity index is 1.90. The first-order valence-electron chi connectivity index (χ1n) is 11.9. The molecule has 0 radical (unpaired) electrons. The van der Waals surface area contributed by atoms with Crippen LogP contribution in [0.3, 0.4) is 0 Å². The Morgan fingerprint density at radius 3 is 2.51 bits per heavy atom. The number of nitrogens with one attached hydrogen (secondary N) is 2. The van der Waals surface area contributed by atoms with Gasteiger partial charge < -0.3 is 20.3 Å². The molecule has 4 amide bonds. The smallest absolute Gasteiger partial charge is 0.338 e. The summed E-state index contributed by atoms with van der Waals surface area (Å²) >= 11 is 6.45. The number of rotatable bonds is 5. The molecular weight excluding hydrogens is 470 g/mol. The van der Waals surface area contributed by atoms with Gasteiger partial charge in [-0.25, -0.2) is 14.4 Å². The number of amides is 4. The van der Waals surface area contributed by atoms with Crippen LogP contribution in [-0.4, -0.2) is 84.1 Å². The van der Waals surface area contributed by atoms with Crippen LogP contribution < -0.4 is 10.6 Å². The molecule has 2 N–H and O–H groups in total. The molecule has 1 fully saturated rings. The first kappa shape index (κ1) is 26.8. The minimum absolute atomic E-state index is 0.0418. The van der Waals surface area contributed by atoms with Gasteiger partial charge in [0.1, 0.15) is 0 Å². The normalized spacial score (nSPS) is 21.6. The van der Waals surface area contributed by atoms with Crippen LogP contribution in [0.1, 0.15) is 46.2 Å². The monoisotopic (exact) mass is 505 g/mol. The van der Waals surface area contributed by atoms with Crippen LogP contribution in [0.5, 0.6) is 0 Å². The maximum absolute atomic E-state index is 13.2. The fourth-order valence-corrected chi connectivity index (χ4v) is 4.67. The number of hydrogen-bond donors (Lipinski definition) is 2. The number of carbonyl (C=O) groups is 3. The third kappa shape index (κ3) is 6.27. The van der Waals surface area contributed by atoms with Crippen molar-refractivity contribution < 1.29 is 19.1 Å². The number of benzene rings is 1. The molecule has 0 aromatic heterocycles. The number of ether oxygens (including phenoxy) is 1.